The first-order valence-corrected chi connectivity index (χ1v) is 14.5. The molecule has 0 aliphatic carbocycles. The number of rotatable bonds is 10. The van der Waals surface area contributed by atoms with Gasteiger partial charge in [0.25, 0.3) is 5.91 Å². The Morgan fingerprint density at radius 2 is 1.68 bits per heavy atom. The predicted molar refractivity (Wildman–Crippen MR) is 168 cm³/mol. The van der Waals surface area contributed by atoms with E-state index in [4.69, 9.17) is 15.2 Å². The molecule has 1 saturated heterocycles. The lowest BCUT2D eigenvalue weighted by Crippen LogP contribution is -2.38. The van der Waals surface area contributed by atoms with E-state index < -0.39 is 0 Å². The quantitative estimate of drug-likeness (QED) is 0.257. The van der Waals surface area contributed by atoms with Crippen molar-refractivity contribution in [1.82, 2.24) is 4.90 Å². The lowest BCUT2D eigenvalue weighted by molar-refractivity contribution is 0.0952. The summed E-state index contributed by atoms with van der Waals surface area (Å²) < 4.78 is 11.4. The fourth-order valence-corrected chi connectivity index (χ4v) is 5.21. The number of aryl methyl sites for hydroxylation is 1. The van der Waals surface area contributed by atoms with Crippen LogP contribution in [0.2, 0.25) is 0 Å². The summed E-state index contributed by atoms with van der Waals surface area (Å²) in [5.74, 6) is 1.57. The molecule has 0 saturated carbocycles. The SMILES string of the molecule is CC/C=C(C)/C(C)=C(/N)c1cc(NC(=O)c2ccccc2CN2CCC(Oc3ccc(OC)cc3)CC2)ccc1C. The van der Waals surface area contributed by atoms with E-state index in [0.29, 0.717) is 5.56 Å². The normalized spacial score (nSPS) is 15.3. The molecule has 0 spiro atoms. The molecule has 1 aliphatic rings. The number of hydrogen-bond acceptors (Lipinski definition) is 5. The lowest BCUT2D eigenvalue weighted by atomic mass is 9.98. The van der Waals surface area contributed by atoms with Crippen LogP contribution in [-0.4, -0.2) is 37.1 Å². The Hall–Kier alpha value is -4.03. The molecule has 3 aromatic carbocycles. The molecule has 1 heterocycles. The van der Waals surface area contributed by atoms with Crippen LogP contribution in [0, 0.1) is 6.92 Å². The van der Waals surface area contributed by atoms with Crippen LogP contribution in [0.4, 0.5) is 5.69 Å². The zero-order valence-corrected chi connectivity index (χ0v) is 25.0. The molecular weight excluding hydrogens is 510 g/mol. The maximum absolute atomic E-state index is 13.5. The van der Waals surface area contributed by atoms with Gasteiger partial charge in [-0.3, -0.25) is 9.69 Å². The second kappa shape index (κ2) is 14.0. The van der Waals surface area contributed by atoms with Gasteiger partial charge in [0.1, 0.15) is 17.6 Å². The van der Waals surface area contributed by atoms with Gasteiger partial charge >= 0.3 is 0 Å². The molecule has 3 aromatic rings. The first-order valence-electron chi connectivity index (χ1n) is 14.5. The zero-order chi connectivity index (χ0) is 29.4. The summed E-state index contributed by atoms with van der Waals surface area (Å²) >= 11 is 0. The number of nitrogens with zero attached hydrogens (tertiary/aromatic N) is 1. The molecule has 1 fully saturated rings. The number of piperidine rings is 1. The summed E-state index contributed by atoms with van der Waals surface area (Å²) in [6.45, 7) is 10.8. The Labute approximate surface area is 244 Å². The number of carbonyl (C=O) groups is 1. The summed E-state index contributed by atoms with van der Waals surface area (Å²) in [5.41, 5.74) is 14.0. The molecule has 216 valence electrons. The van der Waals surface area contributed by atoms with Crippen LogP contribution >= 0.6 is 0 Å². The highest BCUT2D eigenvalue weighted by molar-refractivity contribution is 6.05. The molecule has 0 bridgehead atoms. The molecule has 0 unspecified atom stereocenters. The largest absolute Gasteiger partial charge is 0.497 e. The van der Waals surface area contributed by atoms with E-state index in [-0.39, 0.29) is 12.0 Å². The molecular formula is C35H43N3O3. The summed E-state index contributed by atoms with van der Waals surface area (Å²) in [6.07, 6.45) is 5.19. The molecule has 3 N–H and O–H groups in total. The van der Waals surface area contributed by atoms with Gasteiger partial charge < -0.3 is 20.5 Å². The van der Waals surface area contributed by atoms with Gasteiger partial charge in [0.15, 0.2) is 0 Å². The van der Waals surface area contributed by atoms with Crippen LogP contribution in [0.5, 0.6) is 11.5 Å². The number of likely N-dealkylation sites (tertiary alicyclic amines) is 1. The van der Waals surface area contributed by atoms with Crippen LogP contribution in [-0.2, 0) is 6.54 Å². The summed E-state index contributed by atoms with van der Waals surface area (Å²) in [7, 11) is 1.66. The van der Waals surface area contributed by atoms with Gasteiger partial charge in [0.2, 0.25) is 0 Å². The minimum Gasteiger partial charge on any atom is -0.497 e. The fraction of sp³-hybridized carbons (Fsp3) is 0.343. The van der Waals surface area contributed by atoms with Gasteiger partial charge in [-0.2, -0.15) is 0 Å². The molecule has 4 rings (SSSR count). The minimum absolute atomic E-state index is 0.116. The van der Waals surface area contributed by atoms with Crippen molar-refractivity contribution in [3.8, 4) is 11.5 Å². The van der Waals surface area contributed by atoms with Crippen LogP contribution in [0.3, 0.4) is 0 Å². The second-order valence-electron chi connectivity index (χ2n) is 10.7. The number of benzene rings is 3. The van der Waals surface area contributed by atoms with E-state index in [9.17, 15) is 4.79 Å². The maximum atomic E-state index is 13.5. The Kier molecular flexibility index (Phi) is 10.3. The van der Waals surface area contributed by atoms with E-state index in [1.807, 2.05) is 80.6 Å². The minimum atomic E-state index is -0.116. The molecule has 0 radical (unpaired) electrons. The average molecular weight is 554 g/mol. The van der Waals surface area contributed by atoms with Gasteiger partial charge in [-0.1, -0.05) is 42.8 Å². The molecule has 41 heavy (non-hydrogen) atoms. The topological polar surface area (TPSA) is 76.8 Å². The van der Waals surface area contributed by atoms with Crippen molar-refractivity contribution in [2.45, 2.75) is 59.6 Å². The van der Waals surface area contributed by atoms with Crippen molar-refractivity contribution in [3.05, 3.63) is 106 Å². The van der Waals surface area contributed by atoms with Crippen LogP contribution < -0.4 is 20.5 Å². The van der Waals surface area contributed by atoms with E-state index in [0.717, 1.165) is 84.0 Å². The molecule has 0 aromatic heterocycles. The monoisotopic (exact) mass is 553 g/mol. The summed E-state index contributed by atoms with van der Waals surface area (Å²) in [4.78, 5) is 15.9. The Bertz CT molecular complexity index is 1400. The lowest BCUT2D eigenvalue weighted by Gasteiger charge is -2.32. The van der Waals surface area contributed by atoms with E-state index in [2.05, 4.69) is 30.1 Å². The highest BCUT2D eigenvalue weighted by atomic mass is 16.5. The van der Waals surface area contributed by atoms with Crippen LogP contribution in [0.1, 0.15) is 67.1 Å². The van der Waals surface area contributed by atoms with Crippen molar-refractivity contribution in [2.24, 2.45) is 5.73 Å². The van der Waals surface area contributed by atoms with Gasteiger partial charge in [-0.25, -0.2) is 0 Å². The maximum Gasteiger partial charge on any atom is 0.255 e. The Morgan fingerprint density at radius 3 is 2.37 bits per heavy atom. The van der Waals surface area contributed by atoms with Gasteiger partial charge in [0.05, 0.1) is 7.11 Å². The van der Waals surface area contributed by atoms with Crippen molar-refractivity contribution in [2.75, 3.05) is 25.5 Å². The molecule has 6 nitrogen and oxygen atoms in total. The zero-order valence-electron chi connectivity index (χ0n) is 25.0. The second-order valence-corrected chi connectivity index (χ2v) is 10.7. The number of ether oxygens (including phenoxy) is 2. The van der Waals surface area contributed by atoms with E-state index in [1.54, 1.807) is 7.11 Å². The Balaban J connectivity index is 1.40. The number of hydrogen-bond donors (Lipinski definition) is 2. The molecule has 1 aliphatic heterocycles. The Morgan fingerprint density at radius 1 is 1.00 bits per heavy atom. The predicted octanol–water partition coefficient (Wildman–Crippen LogP) is 7.35. The fourth-order valence-electron chi connectivity index (χ4n) is 5.21. The summed E-state index contributed by atoms with van der Waals surface area (Å²) in [6, 6.07) is 21.5. The van der Waals surface area contributed by atoms with Crippen molar-refractivity contribution < 1.29 is 14.3 Å². The van der Waals surface area contributed by atoms with E-state index in [1.165, 1.54) is 5.57 Å². The molecule has 0 atom stereocenters. The number of allylic oxidation sites excluding steroid dienone is 3. The van der Waals surface area contributed by atoms with Gasteiger partial charge in [-0.05, 0) is 99.2 Å². The van der Waals surface area contributed by atoms with Crippen molar-refractivity contribution in [3.63, 3.8) is 0 Å². The number of nitrogens with one attached hydrogen (secondary N) is 1. The number of carbonyl (C=O) groups excluding carboxylic acids is 1. The van der Waals surface area contributed by atoms with Gasteiger partial charge in [-0.15, -0.1) is 0 Å². The molecule has 6 heteroatoms. The standard InChI is InChI=1S/C35H43N3O3/c1-6-9-24(2)26(4)34(36)33-22-28(13-12-25(33)3)37-35(39)32-11-8-7-10-27(32)23-38-20-18-31(19-21-38)41-30-16-14-29(40-5)15-17-30/h7-17,22,31H,6,18-21,23,36H2,1-5H3,(H,37,39)/b24-9+,34-26+. The van der Waals surface area contributed by atoms with E-state index >= 15 is 0 Å². The third kappa shape index (κ3) is 7.80. The van der Waals surface area contributed by atoms with Crippen molar-refractivity contribution >= 4 is 17.3 Å². The number of anilines is 1. The number of amides is 1. The smallest absolute Gasteiger partial charge is 0.255 e. The van der Waals surface area contributed by atoms with Crippen molar-refractivity contribution in [1.29, 1.82) is 0 Å². The molecule has 1 amide bonds. The summed E-state index contributed by atoms with van der Waals surface area (Å²) in [5, 5.41) is 3.12. The van der Waals surface area contributed by atoms with Crippen LogP contribution in [0.15, 0.2) is 84.0 Å². The van der Waals surface area contributed by atoms with Crippen LogP contribution in [0.25, 0.3) is 5.70 Å². The number of nitrogens with two attached hydrogens (primary N) is 1. The highest BCUT2D eigenvalue weighted by Crippen LogP contribution is 2.27. The third-order valence-electron chi connectivity index (χ3n) is 7.84. The average Bonchev–Trinajstić information content (AvgIpc) is 2.99. The first kappa shape index (κ1) is 29.9. The number of methoxy groups -OCH3 is 1. The highest BCUT2D eigenvalue weighted by Gasteiger charge is 2.22. The first-order chi connectivity index (χ1) is 19.8. The third-order valence-corrected chi connectivity index (χ3v) is 7.84. The van der Waals surface area contributed by atoms with Gasteiger partial charge in [0, 0.05) is 42.1 Å².